The first-order valence-corrected chi connectivity index (χ1v) is 23.9. The predicted molar refractivity (Wildman–Crippen MR) is 292 cm³/mol. The number of allylic oxidation sites excluding steroid dienone is 4. The quantitative estimate of drug-likeness (QED) is 0.166. The van der Waals surface area contributed by atoms with Crippen LogP contribution in [0.3, 0.4) is 0 Å². The van der Waals surface area contributed by atoms with Crippen molar-refractivity contribution in [1.29, 1.82) is 0 Å². The van der Waals surface area contributed by atoms with Gasteiger partial charge in [-0.3, -0.25) is 13.7 Å². The van der Waals surface area contributed by atoms with Crippen LogP contribution in [0.5, 0.6) is 0 Å². The number of benzene rings is 6. The van der Waals surface area contributed by atoms with Gasteiger partial charge in [0.1, 0.15) is 23.3 Å². The zero-order valence-electron chi connectivity index (χ0n) is 38.4. The van der Waals surface area contributed by atoms with Gasteiger partial charge in [0.05, 0.1) is 61.6 Å². The average molecular weight is 911 g/mol. The molecule has 71 heavy (non-hydrogen) atoms. The number of aromatic nitrogens is 7. The number of rotatable bonds is 6. The summed E-state index contributed by atoms with van der Waals surface area (Å²) >= 11 is 0. The molecule has 1 aliphatic heterocycles. The van der Waals surface area contributed by atoms with E-state index in [4.69, 9.17) is 19.9 Å². The van der Waals surface area contributed by atoms with Crippen LogP contribution in [0.25, 0.3) is 111 Å². The third-order valence-electron chi connectivity index (χ3n) is 13.8. The molecule has 0 atom stereocenters. The zero-order valence-corrected chi connectivity index (χ0v) is 38.4. The summed E-state index contributed by atoms with van der Waals surface area (Å²) < 4.78 is 6.77. The van der Waals surface area contributed by atoms with Gasteiger partial charge in [0, 0.05) is 44.4 Å². The van der Waals surface area contributed by atoms with E-state index < -0.39 is 0 Å². The molecule has 6 aromatic carbocycles. The van der Waals surface area contributed by atoms with E-state index in [0.717, 1.165) is 107 Å². The summed E-state index contributed by atoms with van der Waals surface area (Å²) in [4.78, 5) is 23.8. The maximum atomic E-state index is 5.44. The van der Waals surface area contributed by atoms with Crippen LogP contribution < -0.4 is 4.90 Å². The molecule has 334 valence electrons. The lowest BCUT2D eigenvalue weighted by atomic mass is 9.99. The number of hydrogen-bond acceptors (Lipinski definition) is 5. The number of nitrogens with zero attached hydrogens (tertiary/aromatic N) is 8. The largest absolute Gasteiger partial charge is 0.321 e. The van der Waals surface area contributed by atoms with Crippen molar-refractivity contribution in [2.75, 3.05) is 11.4 Å². The second-order valence-electron chi connectivity index (χ2n) is 17.9. The van der Waals surface area contributed by atoms with Gasteiger partial charge in [-0.15, -0.1) is 0 Å². The number of hydrogen-bond donors (Lipinski definition) is 0. The SMILES string of the molecule is C=C1/C=C\C=C/CN(c2cccc(-c3cccc(-n4c5ccccc5c5ccccc54)n3)n2)c2c1ccc1c2c2ccccc2n1-c1cccc(-c2cccc(-n3c4ccccc4c4ccccc43)n2)n1. The molecule has 0 radical (unpaired) electrons. The van der Waals surface area contributed by atoms with E-state index in [9.17, 15) is 0 Å². The zero-order chi connectivity index (χ0) is 47.0. The Hall–Kier alpha value is -9.66. The van der Waals surface area contributed by atoms with Gasteiger partial charge in [-0.25, -0.2) is 19.9 Å². The molecule has 14 rings (SSSR count). The van der Waals surface area contributed by atoms with Crippen molar-refractivity contribution in [3.63, 3.8) is 0 Å². The van der Waals surface area contributed by atoms with Gasteiger partial charge < -0.3 is 4.90 Å². The Bertz CT molecular complexity index is 4270. The molecule has 0 saturated carbocycles. The number of pyridine rings is 4. The first-order chi connectivity index (χ1) is 35.2. The Morgan fingerprint density at radius 1 is 0.338 bits per heavy atom. The van der Waals surface area contributed by atoms with Crippen molar-refractivity contribution in [1.82, 2.24) is 33.6 Å². The van der Waals surface area contributed by atoms with Gasteiger partial charge >= 0.3 is 0 Å². The highest BCUT2D eigenvalue weighted by molar-refractivity contribution is 6.18. The summed E-state index contributed by atoms with van der Waals surface area (Å²) in [6.45, 7) is 5.18. The van der Waals surface area contributed by atoms with Crippen molar-refractivity contribution in [3.8, 4) is 40.2 Å². The standard InChI is InChI=1S/C63H42N8/c1-41-19-3-2-14-40-68(58-34-15-25-48(64-58)49-26-16-35-59(65-49)69-52-29-9-4-20-43(52)44-21-5-10-30-53(44)69)63-42(41)38-39-57-62(63)47-24-8-13-33-56(47)71(57)61-37-18-28-51(67-61)50-27-17-36-60(66-50)70-54-31-11-6-22-45(54)46-23-7-12-32-55(46)70/h2-39H,1,40H2/b14-2-,19-3-. The minimum atomic E-state index is 0.566. The van der Waals surface area contributed by atoms with Crippen molar-refractivity contribution in [2.24, 2.45) is 0 Å². The number of anilines is 2. The van der Waals surface area contributed by atoms with Crippen LogP contribution in [-0.4, -0.2) is 40.2 Å². The average Bonchev–Trinajstić information content (AvgIpc) is 4.09. The van der Waals surface area contributed by atoms with Crippen molar-refractivity contribution < 1.29 is 0 Å². The molecule has 0 unspecified atom stereocenters. The fourth-order valence-electron chi connectivity index (χ4n) is 10.8. The van der Waals surface area contributed by atoms with Gasteiger partial charge in [-0.05, 0) is 90.5 Å². The lowest BCUT2D eigenvalue weighted by Gasteiger charge is -2.27. The monoisotopic (exact) mass is 910 g/mol. The highest BCUT2D eigenvalue weighted by Crippen LogP contribution is 2.45. The molecule has 8 nitrogen and oxygen atoms in total. The van der Waals surface area contributed by atoms with E-state index in [0.29, 0.717) is 6.54 Å². The van der Waals surface area contributed by atoms with Gasteiger partial charge in [-0.2, -0.15) is 0 Å². The highest BCUT2D eigenvalue weighted by Gasteiger charge is 2.25. The van der Waals surface area contributed by atoms with E-state index in [1.807, 2.05) is 24.3 Å². The molecule has 0 fully saturated rings. The molecule has 1 aliphatic rings. The van der Waals surface area contributed by atoms with Crippen LogP contribution in [0.4, 0.5) is 11.5 Å². The lowest BCUT2D eigenvalue weighted by molar-refractivity contribution is 1.04. The van der Waals surface area contributed by atoms with E-state index in [1.54, 1.807) is 0 Å². The van der Waals surface area contributed by atoms with Crippen LogP contribution in [-0.2, 0) is 0 Å². The second kappa shape index (κ2) is 16.3. The Balaban J connectivity index is 0.908. The number of para-hydroxylation sites is 5. The third-order valence-corrected chi connectivity index (χ3v) is 13.8. The van der Waals surface area contributed by atoms with E-state index in [-0.39, 0.29) is 0 Å². The smallest absolute Gasteiger partial charge is 0.138 e. The maximum absolute atomic E-state index is 5.44. The second-order valence-corrected chi connectivity index (χ2v) is 17.9. The molecule has 13 aromatic rings. The Labute approximate surface area is 408 Å². The lowest BCUT2D eigenvalue weighted by Crippen LogP contribution is -2.20. The van der Waals surface area contributed by atoms with Crippen molar-refractivity contribution in [2.45, 2.75) is 0 Å². The maximum Gasteiger partial charge on any atom is 0.138 e. The molecular formula is C63H42N8. The fraction of sp³-hybridized carbons (Fsp3) is 0.0159. The molecule has 8 heteroatoms. The van der Waals surface area contributed by atoms with E-state index >= 15 is 0 Å². The van der Waals surface area contributed by atoms with E-state index in [2.05, 4.69) is 231 Å². The molecule has 0 amide bonds. The summed E-state index contributed by atoms with van der Waals surface area (Å²) in [5.74, 6) is 3.27. The first kappa shape index (κ1) is 40.4. The Morgan fingerprint density at radius 3 is 1.18 bits per heavy atom. The van der Waals surface area contributed by atoms with Gasteiger partial charge in [0.25, 0.3) is 0 Å². The molecular weight excluding hydrogens is 869 g/mol. The predicted octanol–water partition coefficient (Wildman–Crippen LogP) is 15.2. The third kappa shape index (κ3) is 6.46. The molecule has 7 aromatic heterocycles. The molecule has 0 bridgehead atoms. The summed E-state index contributed by atoms with van der Waals surface area (Å²) in [5, 5.41) is 6.96. The first-order valence-electron chi connectivity index (χ1n) is 23.9. The molecule has 0 spiro atoms. The highest BCUT2D eigenvalue weighted by atomic mass is 15.2. The van der Waals surface area contributed by atoms with Crippen LogP contribution in [0.2, 0.25) is 0 Å². The fourth-order valence-corrected chi connectivity index (χ4v) is 10.8. The normalized spacial score (nSPS) is 13.8. The van der Waals surface area contributed by atoms with Crippen LogP contribution in [0, 0.1) is 0 Å². The summed E-state index contributed by atoms with van der Waals surface area (Å²) in [6.07, 6.45) is 8.42. The summed E-state index contributed by atoms with van der Waals surface area (Å²) in [6, 6.07) is 71.9. The molecule has 8 heterocycles. The topological polar surface area (TPSA) is 69.6 Å². The van der Waals surface area contributed by atoms with Crippen molar-refractivity contribution in [3.05, 3.63) is 243 Å². The molecule has 0 aliphatic carbocycles. The van der Waals surface area contributed by atoms with Crippen LogP contribution in [0.1, 0.15) is 5.56 Å². The number of fused-ring (bicyclic) bond motifs is 11. The molecule has 0 saturated heterocycles. The van der Waals surface area contributed by atoms with Crippen LogP contribution >= 0.6 is 0 Å². The van der Waals surface area contributed by atoms with Gasteiger partial charge in [0.15, 0.2) is 0 Å². The summed E-state index contributed by atoms with van der Waals surface area (Å²) in [7, 11) is 0. The Morgan fingerprint density at radius 2 is 0.718 bits per heavy atom. The van der Waals surface area contributed by atoms with Gasteiger partial charge in [0.2, 0.25) is 0 Å². The van der Waals surface area contributed by atoms with Crippen molar-refractivity contribution >= 4 is 82.5 Å². The molecule has 0 N–H and O–H groups in total. The Kier molecular flexibility index (Phi) is 9.25. The minimum absolute atomic E-state index is 0.566. The minimum Gasteiger partial charge on any atom is -0.321 e. The van der Waals surface area contributed by atoms with Gasteiger partial charge in [-0.1, -0.05) is 152 Å². The summed E-state index contributed by atoms with van der Waals surface area (Å²) in [5.41, 5.74) is 12.6. The van der Waals surface area contributed by atoms with Crippen LogP contribution in [0.15, 0.2) is 237 Å². The van der Waals surface area contributed by atoms with E-state index in [1.165, 1.54) is 21.5 Å².